The molecule has 0 N–H and O–H groups in total. The fourth-order valence-corrected chi connectivity index (χ4v) is 2.23. The summed E-state index contributed by atoms with van der Waals surface area (Å²) in [4.78, 5) is 11.9. The summed E-state index contributed by atoms with van der Waals surface area (Å²) in [6.45, 7) is 5.09. The number of carbonyl (C=O) groups is 1. The van der Waals surface area contributed by atoms with Crippen LogP contribution in [0.2, 0.25) is 0 Å². The van der Waals surface area contributed by atoms with Crippen LogP contribution in [-0.2, 0) is 9.47 Å². The lowest BCUT2D eigenvalue weighted by molar-refractivity contribution is -0.0300. The monoisotopic (exact) mass is 248 g/mol. The Morgan fingerprint density at radius 1 is 1.39 bits per heavy atom. The molecule has 0 saturated carbocycles. The highest BCUT2D eigenvalue weighted by Crippen LogP contribution is 2.15. The van der Waals surface area contributed by atoms with Crippen molar-refractivity contribution >= 4 is 5.97 Å². The molecule has 3 nitrogen and oxygen atoms in total. The van der Waals surface area contributed by atoms with Gasteiger partial charge < -0.3 is 9.47 Å². The molecule has 3 heteroatoms. The van der Waals surface area contributed by atoms with E-state index < -0.39 is 0 Å². The molecule has 2 rings (SSSR count). The summed E-state index contributed by atoms with van der Waals surface area (Å²) in [5, 5.41) is 0. The molecule has 0 aliphatic carbocycles. The first-order valence-corrected chi connectivity index (χ1v) is 6.53. The number of hydrogen-bond donors (Lipinski definition) is 0. The summed E-state index contributed by atoms with van der Waals surface area (Å²) < 4.78 is 10.9. The standard InChI is InChI=1S/C15H20O3/c1-11-6-7-14(12(2)9-11)15(16)18-10-13-5-3-4-8-17-13/h6-7,9,13H,3-5,8,10H2,1-2H3. The van der Waals surface area contributed by atoms with E-state index in [0.29, 0.717) is 12.2 Å². The van der Waals surface area contributed by atoms with Crippen LogP contribution in [0.1, 0.15) is 40.7 Å². The van der Waals surface area contributed by atoms with E-state index in [-0.39, 0.29) is 12.1 Å². The molecule has 1 atom stereocenters. The van der Waals surface area contributed by atoms with Crippen LogP contribution in [0.4, 0.5) is 0 Å². The number of hydrogen-bond acceptors (Lipinski definition) is 3. The molecule has 1 saturated heterocycles. The van der Waals surface area contributed by atoms with Gasteiger partial charge in [0.25, 0.3) is 0 Å². The number of rotatable bonds is 3. The van der Waals surface area contributed by atoms with Gasteiger partial charge in [-0.15, -0.1) is 0 Å². The lowest BCUT2D eigenvalue weighted by atomic mass is 10.1. The molecular weight excluding hydrogens is 228 g/mol. The van der Waals surface area contributed by atoms with Gasteiger partial charge in [0.1, 0.15) is 6.61 Å². The van der Waals surface area contributed by atoms with E-state index in [0.717, 1.165) is 37.0 Å². The molecular formula is C15H20O3. The maximum absolute atomic E-state index is 11.9. The molecule has 1 unspecified atom stereocenters. The Bertz CT molecular complexity index is 420. The first kappa shape index (κ1) is 13.1. The van der Waals surface area contributed by atoms with Crippen molar-refractivity contribution < 1.29 is 14.3 Å². The summed E-state index contributed by atoms with van der Waals surface area (Å²) in [6.07, 6.45) is 3.33. The number of aryl methyl sites for hydroxylation is 2. The maximum Gasteiger partial charge on any atom is 0.338 e. The SMILES string of the molecule is Cc1ccc(C(=O)OCC2CCCCO2)c(C)c1. The van der Waals surface area contributed by atoms with Gasteiger partial charge in [-0.25, -0.2) is 4.79 Å². The van der Waals surface area contributed by atoms with E-state index in [1.807, 2.05) is 32.0 Å². The van der Waals surface area contributed by atoms with Gasteiger partial charge in [-0.05, 0) is 44.7 Å². The fraction of sp³-hybridized carbons (Fsp3) is 0.533. The average Bonchev–Trinajstić information content (AvgIpc) is 2.37. The van der Waals surface area contributed by atoms with Crippen LogP contribution in [0.15, 0.2) is 18.2 Å². The molecule has 1 aromatic carbocycles. The third-order valence-electron chi connectivity index (χ3n) is 3.28. The van der Waals surface area contributed by atoms with E-state index in [9.17, 15) is 4.79 Å². The number of esters is 1. The van der Waals surface area contributed by atoms with Gasteiger partial charge in [0, 0.05) is 6.61 Å². The summed E-state index contributed by atoms with van der Waals surface area (Å²) in [6, 6.07) is 5.75. The van der Waals surface area contributed by atoms with Crippen LogP contribution in [0.25, 0.3) is 0 Å². The van der Waals surface area contributed by atoms with Crippen molar-refractivity contribution in [1.82, 2.24) is 0 Å². The topological polar surface area (TPSA) is 35.5 Å². The van der Waals surface area contributed by atoms with Crippen molar-refractivity contribution in [2.24, 2.45) is 0 Å². The van der Waals surface area contributed by atoms with Gasteiger partial charge in [0.2, 0.25) is 0 Å². The lowest BCUT2D eigenvalue weighted by Gasteiger charge is -2.22. The largest absolute Gasteiger partial charge is 0.459 e. The molecule has 0 radical (unpaired) electrons. The van der Waals surface area contributed by atoms with Gasteiger partial charge in [0.05, 0.1) is 11.7 Å². The number of carbonyl (C=O) groups excluding carboxylic acids is 1. The fourth-order valence-electron chi connectivity index (χ4n) is 2.23. The lowest BCUT2D eigenvalue weighted by Crippen LogP contribution is -2.26. The second kappa shape index (κ2) is 6.01. The predicted octanol–water partition coefficient (Wildman–Crippen LogP) is 3.03. The summed E-state index contributed by atoms with van der Waals surface area (Å²) in [5.41, 5.74) is 2.76. The highest BCUT2D eigenvalue weighted by atomic mass is 16.6. The van der Waals surface area contributed by atoms with Crippen molar-refractivity contribution in [3.63, 3.8) is 0 Å². The Morgan fingerprint density at radius 3 is 2.89 bits per heavy atom. The highest BCUT2D eigenvalue weighted by Gasteiger charge is 2.17. The van der Waals surface area contributed by atoms with E-state index in [1.54, 1.807) is 0 Å². The van der Waals surface area contributed by atoms with Gasteiger partial charge in [-0.1, -0.05) is 17.7 Å². The average molecular weight is 248 g/mol. The van der Waals surface area contributed by atoms with Crippen molar-refractivity contribution in [2.45, 2.75) is 39.2 Å². The Labute approximate surface area is 108 Å². The van der Waals surface area contributed by atoms with Crippen molar-refractivity contribution in [3.05, 3.63) is 34.9 Å². The second-order valence-electron chi connectivity index (χ2n) is 4.91. The van der Waals surface area contributed by atoms with Gasteiger partial charge in [-0.3, -0.25) is 0 Å². The van der Waals surface area contributed by atoms with Gasteiger partial charge in [-0.2, -0.15) is 0 Å². The Kier molecular flexibility index (Phi) is 4.37. The predicted molar refractivity (Wildman–Crippen MR) is 69.8 cm³/mol. The molecule has 18 heavy (non-hydrogen) atoms. The maximum atomic E-state index is 11.9. The van der Waals surface area contributed by atoms with E-state index >= 15 is 0 Å². The van der Waals surface area contributed by atoms with Crippen molar-refractivity contribution in [2.75, 3.05) is 13.2 Å². The smallest absolute Gasteiger partial charge is 0.338 e. The van der Waals surface area contributed by atoms with E-state index in [4.69, 9.17) is 9.47 Å². The highest BCUT2D eigenvalue weighted by molar-refractivity contribution is 5.91. The third kappa shape index (κ3) is 3.33. The van der Waals surface area contributed by atoms with Crippen LogP contribution in [0.3, 0.4) is 0 Å². The van der Waals surface area contributed by atoms with E-state index in [1.165, 1.54) is 0 Å². The summed E-state index contributed by atoms with van der Waals surface area (Å²) in [7, 11) is 0. The first-order valence-electron chi connectivity index (χ1n) is 6.53. The van der Waals surface area contributed by atoms with Crippen molar-refractivity contribution in [1.29, 1.82) is 0 Å². The number of benzene rings is 1. The minimum Gasteiger partial charge on any atom is -0.459 e. The van der Waals surface area contributed by atoms with Crippen LogP contribution < -0.4 is 0 Å². The van der Waals surface area contributed by atoms with Gasteiger partial charge >= 0.3 is 5.97 Å². The molecule has 1 fully saturated rings. The van der Waals surface area contributed by atoms with Crippen LogP contribution >= 0.6 is 0 Å². The third-order valence-corrected chi connectivity index (χ3v) is 3.28. The second-order valence-corrected chi connectivity index (χ2v) is 4.91. The molecule has 1 heterocycles. The zero-order chi connectivity index (χ0) is 13.0. The van der Waals surface area contributed by atoms with Crippen molar-refractivity contribution in [3.8, 4) is 0 Å². The zero-order valence-electron chi connectivity index (χ0n) is 11.1. The molecule has 1 aromatic rings. The van der Waals surface area contributed by atoms with E-state index in [2.05, 4.69) is 0 Å². The minimum absolute atomic E-state index is 0.0773. The Hall–Kier alpha value is -1.35. The molecule has 1 aliphatic rings. The molecule has 0 aromatic heterocycles. The minimum atomic E-state index is -0.248. The van der Waals surface area contributed by atoms with Gasteiger partial charge in [0.15, 0.2) is 0 Å². The summed E-state index contributed by atoms with van der Waals surface area (Å²) in [5.74, 6) is -0.248. The molecule has 0 amide bonds. The molecule has 0 bridgehead atoms. The van der Waals surface area contributed by atoms with Crippen LogP contribution in [0, 0.1) is 13.8 Å². The van der Waals surface area contributed by atoms with Crippen LogP contribution in [-0.4, -0.2) is 25.3 Å². The summed E-state index contributed by atoms with van der Waals surface area (Å²) >= 11 is 0. The zero-order valence-corrected chi connectivity index (χ0v) is 11.1. The van der Waals surface area contributed by atoms with Crippen LogP contribution in [0.5, 0.6) is 0 Å². The molecule has 1 aliphatic heterocycles. The molecule has 98 valence electrons. The first-order chi connectivity index (χ1) is 8.66. The Morgan fingerprint density at radius 2 is 2.22 bits per heavy atom. The quantitative estimate of drug-likeness (QED) is 0.771. The normalized spacial score (nSPS) is 19.6. The Balaban J connectivity index is 1.90. The number of ether oxygens (including phenoxy) is 2. The molecule has 0 spiro atoms.